The first kappa shape index (κ1) is 14.9. The van der Waals surface area contributed by atoms with Gasteiger partial charge in [0.2, 0.25) is 5.91 Å². The Morgan fingerprint density at radius 2 is 2.17 bits per heavy atom. The van der Waals surface area contributed by atoms with E-state index in [4.69, 9.17) is 0 Å². The molecular weight excluding hydrogens is 294 g/mol. The van der Waals surface area contributed by atoms with Gasteiger partial charge in [-0.2, -0.15) is 0 Å². The molecule has 1 aromatic carbocycles. The van der Waals surface area contributed by atoms with E-state index < -0.39 is 0 Å². The minimum Gasteiger partial charge on any atom is -0.326 e. The lowest BCUT2D eigenvalue weighted by Gasteiger charge is -2.11. The first-order valence-electron chi connectivity index (χ1n) is 6.07. The number of hydrogen-bond acceptors (Lipinski definition) is 2. The number of aryl methyl sites for hydroxylation is 1. The molecule has 98 valence electrons. The standard InChI is InChI=1S/C14H18BrNO2/c1-3-4-5-11-6-12(14(15)9-17)8-13(7-11)16-10(2)18/h6-9,14H,3-5H2,1-2H3,(H,16,18). The van der Waals surface area contributed by atoms with Gasteiger partial charge in [-0.05, 0) is 36.1 Å². The molecule has 0 heterocycles. The second-order valence-corrected chi connectivity index (χ2v) is 5.27. The maximum absolute atomic E-state index is 11.1. The van der Waals surface area contributed by atoms with Crippen molar-refractivity contribution >= 4 is 33.8 Å². The van der Waals surface area contributed by atoms with Crippen molar-refractivity contribution in [3.05, 3.63) is 29.3 Å². The molecule has 0 fully saturated rings. The van der Waals surface area contributed by atoms with Crippen molar-refractivity contribution in [2.45, 2.75) is 37.9 Å². The van der Waals surface area contributed by atoms with Crippen molar-refractivity contribution in [2.75, 3.05) is 5.32 Å². The molecule has 0 spiro atoms. The fourth-order valence-electron chi connectivity index (χ4n) is 1.76. The highest BCUT2D eigenvalue weighted by Crippen LogP contribution is 2.26. The highest BCUT2D eigenvalue weighted by molar-refractivity contribution is 9.09. The predicted molar refractivity (Wildman–Crippen MR) is 77.1 cm³/mol. The number of aldehydes is 1. The van der Waals surface area contributed by atoms with Gasteiger partial charge in [-0.3, -0.25) is 4.79 Å². The average molecular weight is 312 g/mol. The number of rotatable bonds is 6. The van der Waals surface area contributed by atoms with Gasteiger partial charge in [0, 0.05) is 12.6 Å². The quantitative estimate of drug-likeness (QED) is 0.644. The lowest BCUT2D eigenvalue weighted by molar-refractivity contribution is -0.114. The lowest BCUT2D eigenvalue weighted by Crippen LogP contribution is -2.07. The van der Waals surface area contributed by atoms with Crippen LogP contribution in [0.4, 0.5) is 5.69 Å². The van der Waals surface area contributed by atoms with Gasteiger partial charge in [0.15, 0.2) is 0 Å². The summed E-state index contributed by atoms with van der Waals surface area (Å²) in [4.78, 5) is 21.6. The van der Waals surface area contributed by atoms with Crippen LogP contribution in [0.1, 0.15) is 42.6 Å². The Hall–Kier alpha value is -1.16. The first-order chi connectivity index (χ1) is 8.56. The van der Waals surface area contributed by atoms with E-state index in [2.05, 4.69) is 28.2 Å². The van der Waals surface area contributed by atoms with Gasteiger partial charge in [0.1, 0.15) is 6.29 Å². The fraction of sp³-hybridized carbons (Fsp3) is 0.429. The van der Waals surface area contributed by atoms with Crippen molar-refractivity contribution in [3.63, 3.8) is 0 Å². The Bertz CT molecular complexity index is 432. The van der Waals surface area contributed by atoms with Gasteiger partial charge in [-0.1, -0.05) is 35.3 Å². The molecule has 0 radical (unpaired) electrons. The molecule has 3 nitrogen and oxygen atoms in total. The summed E-state index contributed by atoms with van der Waals surface area (Å²) in [6.45, 7) is 3.61. The molecular formula is C14H18BrNO2. The van der Waals surface area contributed by atoms with E-state index in [1.807, 2.05) is 18.2 Å². The number of amides is 1. The van der Waals surface area contributed by atoms with Crippen molar-refractivity contribution in [3.8, 4) is 0 Å². The molecule has 0 aliphatic heterocycles. The molecule has 4 heteroatoms. The molecule has 0 saturated carbocycles. The minimum absolute atomic E-state index is 0.106. The zero-order chi connectivity index (χ0) is 13.5. The molecule has 1 atom stereocenters. The molecule has 1 rings (SSSR count). The molecule has 1 N–H and O–H groups in total. The van der Waals surface area contributed by atoms with Gasteiger partial charge in [0.05, 0.1) is 4.83 Å². The highest BCUT2D eigenvalue weighted by atomic mass is 79.9. The Kier molecular flexibility index (Phi) is 6.05. The largest absolute Gasteiger partial charge is 0.326 e. The summed E-state index contributed by atoms with van der Waals surface area (Å²) in [5, 5.41) is 2.77. The summed E-state index contributed by atoms with van der Waals surface area (Å²) in [7, 11) is 0. The third-order valence-corrected chi connectivity index (χ3v) is 3.34. The van der Waals surface area contributed by atoms with Gasteiger partial charge >= 0.3 is 0 Å². The third-order valence-electron chi connectivity index (χ3n) is 2.59. The summed E-state index contributed by atoms with van der Waals surface area (Å²) in [6.07, 6.45) is 4.01. The number of unbranched alkanes of at least 4 members (excludes halogenated alkanes) is 1. The molecule has 0 saturated heterocycles. The molecule has 1 aromatic rings. The van der Waals surface area contributed by atoms with Crippen molar-refractivity contribution in [1.29, 1.82) is 0 Å². The number of halogens is 1. The van der Waals surface area contributed by atoms with E-state index in [-0.39, 0.29) is 10.7 Å². The topological polar surface area (TPSA) is 46.2 Å². The Labute approximate surface area is 116 Å². The molecule has 0 aliphatic rings. The Morgan fingerprint density at radius 1 is 1.44 bits per heavy atom. The molecule has 1 unspecified atom stereocenters. The minimum atomic E-state index is -0.327. The van der Waals surface area contributed by atoms with Gasteiger partial charge in [-0.25, -0.2) is 0 Å². The van der Waals surface area contributed by atoms with E-state index in [1.54, 1.807) is 0 Å². The van der Waals surface area contributed by atoms with Crippen LogP contribution in [0.2, 0.25) is 0 Å². The monoisotopic (exact) mass is 311 g/mol. The van der Waals surface area contributed by atoms with E-state index in [0.29, 0.717) is 0 Å². The summed E-state index contributed by atoms with van der Waals surface area (Å²) in [5.74, 6) is -0.106. The fourth-order valence-corrected chi connectivity index (χ4v) is 2.02. The van der Waals surface area contributed by atoms with Crippen LogP contribution in [-0.4, -0.2) is 12.2 Å². The van der Waals surface area contributed by atoms with Crippen molar-refractivity contribution in [1.82, 2.24) is 0 Å². The number of carbonyl (C=O) groups is 2. The normalized spacial score (nSPS) is 11.9. The van der Waals surface area contributed by atoms with Crippen LogP contribution >= 0.6 is 15.9 Å². The average Bonchev–Trinajstić information content (AvgIpc) is 2.34. The van der Waals surface area contributed by atoms with Crippen LogP contribution in [-0.2, 0) is 16.0 Å². The number of alkyl halides is 1. The van der Waals surface area contributed by atoms with E-state index >= 15 is 0 Å². The van der Waals surface area contributed by atoms with Gasteiger partial charge in [0.25, 0.3) is 0 Å². The second kappa shape index (κ2) is 7.31. The zero-order valence-corrected chi connectivity index (χ0v) is 12.3. The maximum Gasteiger partial charge on any atom is 0.221 e. The van der Waals surface area contributed by atoms with Gasteiger partial charge < -0.3 is 10.1 Å². The highest BCUT2D eigenvalue weighted by Gasteiger charge is 2.09. The van der Waals surface area contributed by atoms with E-state index in [9.17, 15) is 9.59 Å². The third kappa shape index (κ3) is 4.61. The molecule has 0 aromatic heterocycles. The van der Waals surface area contributed by atoms with E-state index in [0.717, 1.165) is 42.4 Å². The SMILES string of the molecule is CCCCc1cc(NC(C)=O)cc(C(Br)C=O)c1. The molecule has 1 amide bonds. The van der Waals surface area contributed by atoms with Crippen LogP contribution in [0.3, 0.4) is 0 Å². The van der Waals surface area contributed by atoms with Crippen LogP contribution in [0.15, 0.2) is 18.2 Å². The summed E-state index contributed by atoms with van der Waals surface area (Å²) in [5.41, 5.74) is 2.77. The Morgan fingerprint density at radius 3 is 2.72 bits per heavy atom. The maximum atomic E-state index is 11.1. The molecule has 0 aliphatic carbocycles. The van der Waals surface area contributed by atoms with Crippen LogP contribution in [0.25, 0.3) is 0 Å². The summed E-state index contributed by atoms with van der Waals surface area (Å²) in [6, 6.07) is 5.80. The first-order valence-corrected chi connectivity index (χ1v) is 6.99. The van der Waals surface area contributed by atoms with Crippen molar-refractivity contribution in [2.24, 2.45) is 0 Å². The second-order valence-electron chi connectivity index (χ2n) is 4.29. The smallest absolute Gasteiger partial charge is 0.221 e. The van der Waals surface area contributed by atoms with Crippen LogP contribution in [0.5, 0.6) is 0 Å². The molecule has 18 heavy (non-hydrogen) atoms. The van der Waals surface area contributed by atoms with E-state index in [1.165, 1.54) is 6.92 Å². The number of anilines is 1. The Balaban J connectivity index is 3.02. The number of nitrogens with one attached hydrogen (secondary N) is 1. The zero-order valence-electron chi connectivity index (χ0n) is 10.7. The number of hydrogen-bond donors (Lipinski definition) is 1. The molecule has 0 bridgehead atoms. The number of carbonyl (C=O) groups excluding carboxylic acids is 2. The lowest BCUT2D eigenvalue weighted by atomic mass is 10.0. The van der Waals surface area contributed by atoms with Crippen molar-refractivity contribution < 1.29 is 9.59 Å². The summed E-state index contributed by atoms with van der Waals surface area (Å²) < 4.78 is 0. The summed E-state index contributed by atoms with van der Waals surface area (Å²) >= 11 is 3.31. The van der Waals surface area contributed by atoms with Gasteiger partial charge in [-0.15, -0.1) is 0 Å². The predicted octanol–water partition coefficient (Wildman–Crippen LogP) is 3.62. The van der Waals surface area contributed by atoms with Crippen LogP contribution < -0.4 is 5.32 Å². The number of benzene rings is 1. The van der Waals surface area contributed by atoms with Crippen LogP contribution in [0, 0.1) is 0 Å².